The molecule has 0 aromatic rings. The first-order chi connectivity index (χ1) is 29.6. The molecular formula is C46H68F6N4O6. The van der Waals surface area contributed by atoms with Crippen molar-refractivity contribution in [1.29, 1.82) is 0 Å². The second-order valence-electron chi connectivity index (χ2n) is 17.6. The minimum atomic E-state index is -2.06. The van der Waals surface area contributed by atoms with Crippen LogP contribution in [0.1, 0.15) is 104 Å². The summed E-state index contributed by atoms with van der Waals surface area (Å²) in [6.07, 6.45) is -1.86. The Morgan fingerprint density at radius 1 is 0.710 bits per heavy atom. The number of aliphatic hydroxyl groups is 2. The van der Waals surface area contributed by atoms with E-state index in [0.29, 0.717) is 51.6 Å². The molecular weight excluding hydrogens is 819 g/mol. The average molecular weight is 887 g/mol. The third kappa shape index (κ3) is 13.3. The summed E-state index contributed by atoms with van der Waals surface area (Å²) in [7, 11) is 3.17. The topological polar surface area (TPSA) is 124 Å². The smallest absolute Gasteiger partial charge is 0.240 e. The van der Waals surface area contributed by atoms with E-state index in [1.807, 2.05) is 38.2 Å². The maximum absolute atomic E-state index is 16.3. The van der Waals surface area contributed by atoms with Crippen LogP contribution in [0.2, 0.25) is 0 Å². The monoisotopic (exact) mass is 887 g/mol. The molecule has 0 bridgehead atoms. The number of hydrogen-bond acceptors (Lipinski definition) is 8. The van der Waals surface area contributed by atoms with E-state index < -0.39 is 90.1 Å². The van der Waals surface area contributed by atoms with Gasteiger partial charge < -0.3 is 29.5 Å². The highest BCUT2D eigenvalue weighted by molar-refractivity contribution is 5.83. The quantitative estimate of drug-likeness (QED) is 0.0585. The van der Waals surface area contributed by atoms with Crippen LogP contribution in [0.5, 0.6) is 0 Å². The number of nitrogens with zero attached hydrogens (tertiary/aromatic N) is 2. The van der Waals surface area contributed by atoms with Gasteiger partial charge in [0, 0.05) is 51.3 Å². The molecule has 6 unspecified atom stereocenters. The number of amides is 2. The third-order valence-corrected chi connectivity index (χ3v) is 12.9. The van der Waals surface area contributed by atoms with E-state index in [2.05, 4.69) is 10.6 Å². The number of allylic oxidation sites excluding steroid dienone is 3. The van der Waals surface area contributed by atoms with Crippen molar-refractivity contribution in [3.63, 3.8) is 0 Å². The van der Waals surface area contributed by atoms with Crippen molar-refractivity contribution < 1.29 is 55.6 Å². The Balaban J connectivity index is 1.48. The average Bonchev–Trinajstić information content (AvgIpc) is 3.23. The predicted molar refractivity (Wildman–Crippen MR) is 225 cm³/mol. The lowest BCUT2D eigenvalue weighted by Gasteiger charge is -2.39. The largest absolute Gasteiger partial charge is 0.377 e. The first kappa shape index (κ1) is 50.0. The molecule has 16 heteroatoms. The van der Waals surface area contributed by atoms with Crippen LogP contribution in [0, 0.1) is 5.92 Å². The Morgan fingerprint density at radius 3 is 1.66 bits per heavy atom. The molecule has 0 radical (unpaired) electrons. The van der Waals surface area contributed by atoms with Crippen LogP contribution in [-0.4, -0.2) is 139 Å². The van der Waals surface area contributed by atoms with Gasteiger partial charge >= 0.3 is 0 Å². The molecule has 10 nitrogen and oxygen atoms in total. The van der Waals surface area contributed by atoms with E-state index in [0.717, 1.165) is 6.08 Å². The summed E-state index contributed by atoms with van der Waals surface area (Å²) in [6.45, 7) is 4.37. The molecule has 5 rings (SSSR count). The fourth-order valence-electron chi connectivity index (χ4n) is 9.82. The standard InChI is InChI=1S/C46H68F6N4O6/c1-5-17-55(33-7-11-35(61-3)12-8-33)45(59)39(23-27-19-29(47)25-30(48)20-27)53-43(57)41-37(51)15-16-38(52)42(41)44(58)54-40(24-28-21-31(49)26-32(50)22-28)46(60)56(18-6-2)34-9-13-36(62-4)14-10-34/h7,9,11,13,19,26,28-31,33-40,43-44,53-54,57-58H,5-6,8,10,12,14-18,20-25H2,1-4H3/t28-,29-,30?,31+,33?,34-,35-,36?,37+,38?,39-,40+,43?,44?/m1/s1. The minimum Gasteiger partial charge on any atom is -0.377 e. The van der Waals surface area contributed by atoms with Crippen molar-refractivity contribution in [2.45, 2.75) is 183 Å². The third-order valence-electron chi connectivity index (χ3n) is 12.9. The van der Waals surface area contributed by atoms with Gasteiger partial charge in [-0.1, -0.05) is 49.8 Å². The SMILES string of the molecule is CCCN(C(=O)[C@@H](CC1=C[C@@H](F)CC(F)C1)NC(O)C1=C(C(O)N[C@@H](C[C@H]2CC(F)=C[C@@H](F)C2)C(=O)N(CCC)[C@@H]2C=CC(OC)CC2)C(F)CC[C@@H]1F)C1C=C[C@@H](OC)CC1. The molecule has 4 N–H and O–H groups in total. The van der Waals surface area contributed by atoms with Gasteiger partial charge in [0.2, 0.25) is 11.8 Å². The van der Waals surface area contributed by atoms with Crippen LogP contribution in [0.4, 0.5) is 26.3 Å². The van der Waals surface area contributed by atoms with E-state index in [4.69, 9.17) is 9.47 Å². The molecule has 0 saturated carbocycles. The van der Waals surface area contributed by atoms with Gasteiger partial charge in [0.25, 0.3) is 0 Å². The molecule has 0 heterocycles. The van der Waals surface area contributed by atoms with Gasteiger partial charge in [0.15, 0.2) is 0 Å². The molecule has 0 aromatic carbocycles. The lowest BCUT2D eigenvalue weighted by Crippen LogP contribution is -2.56. The Hall–Kier alpha value is -3.02. The number of halogens is 6. The van der Waals surface area contributed by atoms with Crippen molar-refractivity contribution in [3.05, 3.63) is 59.0 Å². The number of aliphatic hydroxyl groups excluding tert-OH is 2. The van der Waals surface area contributed by atoms with Crippen molar-refractivity contribution in [2.75, 3.05) is 27.3 Å². The molecule has 5 aliphatic rings. The predicted octanol–water partition coefficient (Wildman–Crippen LogP) is 7.03. The molecule has 0 fully saturated rings. The van der Waals surface area contributed by atoms with Crippen LogP contribution >= 0.6 is 0 Å². The highest BCUT2D eigenvalue weighted by atomic mass is 19.2. The van der Waals surface area contributed by atoms with Gasteiger partial charge in [-0.15, -0.1) is 0 Å². The van der Waals surface area contributed by atoms with Crippen LogP contribution in [0.15, 0.2) is 59.0 Å². The van der Waals surface area contributed by atoms with Gasteiger partial charge in [-0.05, 0) is 89.0 Å². The number of carbonyl (C=O) groups is 2. The molecule has 5 aliphatic carbocycles. The zero-order valence-electron chi connectivity index (χ0n) is 36.6. The summed E-state index contributed by atoms with van der Waals surface area (Å²) in [4.78, 5) is 32.3. The summed E-state index contributed by atoms with van der Waals surface area (Å²) in [5.74, 6) is -2.37. The molecule has 2 amide bonds. The Morgan fingerprint density at radius 2 is 1.21 bits per heavy atom. The van der Waals surface area contributed by atoms with Gasteiger partial charge in [0.05, 0.1) is 42.2 Å². The lowest BCUT2D eigenvalue weighted by molar-refractivity contribution is -0.137. The van der Waals surface area contributed by atoms with Crippen LogP contribution in [0.3, 0.4) is 0 Å². The number of ether oxygens (including phenoxy) is 2. The van der Waals surface area contributed by atoms with Crippen LogP contribution < -0.4 is 10.6 Å². The molecule has 14 atom stereocenters. The summed E-state index contributed by atoms with van der Waals surface area (Å²) in [5.41, 5.74) is -0.845. The van der Waals surface area contributed by atoms with Crippen molar-refractivity contribution >= 4 is 11.8 Å². The molecule has 0 aromatic heterocycles. The molecule has 0 saturated heterocycles. The molecule has 0 spiro atoms. The Kier molecular flexibility index (Phi) is 19.2. The zero-order chi connectivity index (χ0) is 45.1. The summed E-state index contributed by atoms with van der Waals surface area (Å²) in [5, 5.41) is 29.4. The lowest BCUT2D eigenvalue weighted by atomic mass is 9.84. The van der Waals surface area contributed by atoms with E-state index in [-0.39, 0.29) is 81.2 Å². The number of hydrogen-bond donors (Lipinski definition) is 4. The summed E-state index contributed by atoms with van der Waals surface area (Å²) < 4.78 is 102. The highest BCUT2D eigenvalue weighted by Gasteiger charge is 2.42. The number of nitrogens with one attached hydrogen (secondary N) is 2. The Bertz CT molecular complexity index is 1650. The zero-order valence-corrected chi connectivity index (χ0v) is 36.6. The summed E-state index contributed by atoms with van der Waals surface area (Å²) >= 11 is 0. The fraction of sp³-hybridized carbons (Fsp3) is 0.739. The van der Waals surface area contributed by atoms with Crippen molar-refractivity contribution in [1.82, 2.24) is 20.4 Å². The maximum Gasteiger partial charge on any atom is 0.240 e. The number of alkyl halides is 5. The second-order valence-corrected chi connectivity index (χ2v) is 17.6. The highest BCUT2D eigenvalue weighted by Crippen LogP contribution is 2.36. The number of carbonyl (C=O) groups excluding carboxylic acids is 2. The molecule has 62 heavy (non-hydrogen) atoms. The van der Waals surface area contributed by atoms with Gasteiger partial charge in [-0.25, -0.2) is 26.3 Å². The second kappa shape index (κ2) is 23.8. The Labute approximate surface area is 362 Å². The van der Waals surface area contributed by atoms with Gasteiger partial charge in [-0.2, -0.15) is 0 Å². The normalized spacial score (nSPS) is 32.4. The first-order valence-electron chi connectivity index (χ1n) is 22.6. The molecule has 0 aliphatic heterocycles. The van der Waals surface area contributed by atoms with E-state index in [9.17, 15) is 37.4 Å². The van der Waals surface area contributed by atoms with Crippen LogP contribution in [0.25, 0.3) is 0 Å². The van der Waals surface area contributed by atoms with E-state index in [1.54, 1.807) is 24.0 Å². The first-order valence-corrected chi connectivity index (χ1v) is 22.6. The van der Waals surface area contributed by atoms with Crippen LogP contribution in [-0.2, 0) is 19.1 Å². The van der Waals surface area contributed by atoms with E-state index >= 15 is 8.78 Å². The minimum absolute atomic E-state index is 0.0900. The van der Waals surface area contributed by atoms with Gasteiger partial charge in [-0.3, -0.25) is 20.2 Å². The van der Waals surface area contributed by atoms with Gasteiger partial charge in [0.1, 0.15) is 43.3 Å². The van der Waals surface area contributed by atoms with E-state index in [1.165, 1.54) is 6.08 Å². The number of methoxy groups -OCH3 is 2. The number of rotatable bonds is 20. The van der Waals surface area contributed by atoms with Crippen molar-refractivity contribution in [3.8, 4) is 0 Å². The van der Waals surface area contributed by atoms with Crippen molar-refractivity contribution in [2.24, 2.45) is 5.92 Å². The molecule has 350 valence electrons. The maximum atomic E-state index is 16.3. The summed E-state index contributed by atoms with van der Waals surface area (Å²) in [6, 6.07) is -3.39. The fourth-order valence-corrected chi connectivity index (χ4v) is 9.82.